The first-order valence-corrected chi connectivity index (χ1v) is 6.68. The lowest BCUT2D eigenvalue weighted by molar-refractivity contribution is 0.0623. The molecule has 0 aliphatic carbocycles. The van der Waals surface area contributed by atoms with E-state index in [1.54, 1.807) is 0 Å². The number of rotatable bonds is 2. The number of benzene rings is 1. The highest BCUT2D eigenvalue weighted by Crippen LogP contribution is 2.22. The predicted molar refractivity (Wildman–Crippen MR) is 73.2 cm³/mol. The van der Waals surface area contributed by atoms with Crippen LogP contribution in [-0.4, -0.2) is 23.9 Å². The largest absolute Gasteiger partial charge is 0.338 e. The lowest BCUT2D eigenvalue weighted by Crippen LogP contribution is -2.42. The lowest BCUT2D eigenvalue weighted by atomic mass is 9.91. The number of amides is 1. The summed E-state index contributed by atoms with van der Waals surface area (Å²) in [5, 5.41) is 0. The Kier molecular flexibility index (Phi) is 4.02. The van der Waals surface area contributed by atoms with E-state index in [-0.39, 0.29) is 5.91 Å². The molecule has 2 atom stereocenters. The average Bonchev–Trinajstić information content (AvgIpc) is 2.37. The Morgan fingerprint density at radius 1 is 1.22 bits per heavy atom. The van der Waals surface area contributed by atoms with Crippen LogP contribution in [0, 0.1) is 11.8 Å². The summed E-state index contributed by atoms with van der Waals surface area (Å²) in [6.45, 7) is 6.71. The Hall–Kier alpha value is -1.35. The van der Waals surface area contributed by atoms with Crippen LogP contribution in [0.15, 0.2) is 24.3 Å². The number of nitrogens with two attached hydrogens (primary N) is 1. The number of carbonyl (C=O) groups is 1. The van der Waals surface area contributed by atoms with Crippen LogP contribution >= 0.6 is 0 Å². The van der Waals surface area contributed by atoms with E-state index < -0.39 is 0 Å². The SMILES string of the molecule is CC1CC(C)CN(C(=O)c2ccc(CN)cc2)C1. The van der Waals surface area contributed by atoms with Crippen molar-refractivity contribution in [3.8, 4) is 0 Å². The third-order valence-electron chi connectivity index (χ3n) is 3.59. The summed E-state index contributed by atoms with van der Waals surface area (Å²) in [7, 11) is 0. The number of hydrogen-bond donors (Lipinski definition) is 1. The van der Waals surface area contributed by atoms with Crippen LogP contribution in [0.2, 0.25) is 0 Å². The molecule has 0 bridgehead atoms. The monoisotopic (exact) mass is 246 g/mol. The molecule has 0 spiro atoms. The normalized spacial score (nSPS) is 24.1. The first-order chi connectivity index (χ1) is 8.60. The average molecular weight is 246 g/mol. The second-order valence-corrected chi connectivity index (χ2v) is 5.56. The predicted octanol–water partition coefficient (Wildman–Crippen LogP) is 2.26. The van der Waals surface area contributed by atoms with Gasteiger partial charge in [-0.05, 0) is 36.0 Å². The van der Waals surface area contributed by atoms with Crippen LogP contribution in [0.5, 0.6) is 0 Å². The molecule has 3 heteroatoms. The summed E-state index contributed by atoms with van der Waals surface area (Å²) in [6.07, 6.45) is 1.22. The molecule has 1 saturated heterocycles. The van der Waals surface area contributed by atoms with E-state index in [0.717, 1.165) is 24.2 Å². The van der Waals surface area contributed by atoms with Gasteiger partial charge in [-0.1, -0.05) is 26.0 Å². The molecule has 98 valence electrons. The van der Waals surface area contributed by atoms with Crippen LogP contribution in [0.3, 0.4) is 0 Å². The number of hydrogen-bond acceptors (Lipinski definition) is 2. The number of carbonyl (C=O) groups excluding carboxylic acids is 1. The minimum absolute atomic E-state index is 0.150. The second-order valence-electron chi connectivity index (χ2n) is 5.56. The van der Waals surface area contributed by atoms with Gasteiger partial charge in [-0.3, -0.25) is 4.79 Å². The van der Waals surface area contributed by atoms with E-state index in [2.05, 4.69) is 13.8 Å². The molecule has 18 heavy (non-hydrogen) atoms. The third kappa shape index (κ3) is 2.91. The van der Waals surface area contributed by atoms with Gasteiger partial charge in [0.2, 0.25) is 0 Å². The molecular weight excluding hydrogens is 224 g/mol. The van der Waals surface area contributed by atoms with Crippen molar-refractivity contribution in [2.24, 2.45) is 17.6 Å². The van der Waals surface area contributed by atoms with Gasteiger partial charge in [0.05, 0.1) is 0 Å². The summed E-state index contributed by atoms with van der Waals surface area (Å²) in [6, 6.07) is 7.64. The fourth-order valence-corrected chi connectivity index (χ4v) is 2.79. The molecule has 3 nitrogen and oxygen atoms in total. The first-order valence-electron chi connectivity index (χ1n) is 6.68. The van der Waals surface area contributed by atoms with Crippen LogP contribution in [0.25, 0.3) is 0 Å². The Bertz CT molecular complexity index is 403. The second kappa shape index (κ2) is 5.53. The molecule has 0 saturated carbocycles. The molecule has 1 aliphatic rings. The minimum atomic E-state index is 0.150. The van der Waals surface area contributed by atoms with Crippen LogP contribution in [0.1, 0.15) is 36.2 Å². The number of piperidine rings is 1. The maximum atomic E-state index is 12.4. The van der Waals surface area contributed by atoms with E-state index in [1.807, 2.05) is 29.2 Å². The molecule has 2 rings (SSSR count). The number of nitrogens with zero attached hydrogens (tertiary/aromatic N) is 1. The van der Waals surface area contributed by atoms with E-state index >= 15 is 0 Å². The van der Waals surface area contributed by atoms with Gasteiger partial charge in [0, 0.05) is 25.2 Å². The fourth-order valence-electron chi connectivity index (χ4n) is 2.79. The minimum Gasteiger partial charge on any atom is -0.338 e. The summed E-state index contributed by atoms with van der Waals surface area (Å²) in [5.41, 5.74) is 7.39. The Balaban J connectivity index is 2.09. The summed E-state index contributed by atoms with van der Waals surface area (Å²) in [4.78, 5) is 14.4. The fraction of sp³-hybridized carbons (Fsp3) is 0.533. The van der Waals surface area contributed by atoms with Crippen LogP contribution in [-0.2, 0) is 6.54 Å². The van der Waals surface area contributed by atoms with Crippen molar-refractivity contribution < 1.29 is 4.79 Å². The van der Waals surface area contributed by atoms with Gasteiger partial charge in [-0.25, -0.2) is 0 Å². The summed E-state index contributed by atoms with van der Waals surface area (Å²) in [5.74, 6) is 1.35. The van der Waals surface area contributed by atoms with Gasteiger partial charge in [-0.2, -0.15) is 0 Å². The Morgan fingerprint density at radius 2 is 1.78 bits per heavy atom. The van der Waals surface area contributed by atoms with Gasteiger partial charge in [-0.15, -0.1) is 0 Å². The summed E-state index contributed by atoms with van der Waals surface area (Å²) >= 11 is 0. The number of likely N-dealkylation sites (tertiary alicyclic amines) is 1. The highest BCUT2D eigenvalue weighted by atomic mass is 16.2. The Labute approximate surface area is 109 Å². The molecule has 1 aromatic rings. The smallest absolute Gasteiger partial charge is 0.253 e. The van der Waals surface area contributed by atoms with E-state index in [0.29, 0.717) is 18.4 Å². The molecule has 1 heterocycles. The van der Waals surface area contributed by atoms with Crippen molar-refractivity contribution in [2.45, 2.75) is 26.8 Å². The molecule has 1 fully saturated rings. The van der Waals surface area contributed by atoms with E-state index in [9.17, 15) is 4.79 Å². The zero-order valence-electron chi connectivity index (χ0n) is 11.2. The van der Waals surface area contributed by atoms with Crippen LogP contribution < -0.4 is 5.73 Å². The van der Waals surface area contributed by atoms with E-state index in [4.69, 9.17) is 5.73 Å². The van der Waals surface area contributed by atoms with Crippen molar-refractivity contribution in [1.29, 1.82) is 0 Å². The Morgan fingerprint density at radius 3 is 2.28 bits per heavy atom. The van der Waals surface area contributed by atoms with Gasteiger partial charge >= 0.3 is 0 Å². The van der Waals surface area contributed by atoms with Crippen molar-refractivity contribution in [3.63, 3.8) is 0 Å². The van der Waals surface area contributed by atoms with Gasteiger partial charge in [0.1, 0.15) is 0 Å². The van der Waals surface area contributed by atoms with E-state index in [1.165, 1.54) is 6.42 Å². The lowest BCUT2D eigenvalue weighted by Gasteiger charge is -2.35. The molecule has 2 N–H and O–H groups in total. The maximum Gasteiger partial charge on any atom is 0.253 e. The molecule has 1 aromatic carbocycles. The summed E-state index contributed by atoms with van der Waals surface area (Å²) < 4.78 is 0. The molecule has 1 aliphatic heterocycles. The van der Waals surface area contributed by atoms with Crippen molar-refractivity contribution in [2.75, 3.05) is 13.1 Å². The van der Waals surface area contributed by atoms with Gasteiger partial charge in [0.25, 0.3) is 5.91 Å². The highest BCUT2D eigenvalue weighted by Gasteiger charge is 2.25. The van der Waals surface area contributed by atoms with Crippen molar-refractivity contribution >= 4 is 5.91 Å². The standard InChI is InChI=1S/C15H22N2O/c1-11-7-12(2)10-17(9-11)15(18)14-5-3-13(8-16)4-6-14/h3-6,11-12H,7-10,16H2,1-2H3. The molecular formula is C15H22N2O. The molecule has 1 amide bonds. The molecule has 0 radical (unpaired) electrons. The maximum absolute atomic E-state index is 12.4. The van der Waals surface area contributed by atoms with Gasteiger partial charge in [0.15, 0.2) is 0 Å². The van der Waals surface area contributed by atoms with Crippen molar-refractivity contribution in [1.82, 2.24) is 4.90 Å². The van der Waals surface area contributed by atoms with Crippen molar-refractivity contribution in [3.05, 3.63) is 35.4 Å². The third-order valence-corrected chi connectivity index (χ3v) is 3.59. The zero-order chi connectivity index (χ0) is 13.1. The molecule has 0 aromatic heterocycles. The van der Waals surface area contributed by atoms with Crippen LogP contribution in [0.4, 0.5) is 0 Å². The molecule has 2 unspecified atom stereocenters. The quantitative estimate of drug-likeness (QED) is 0.870. The topological polar surface area (TPSA) is 46.3 Å². The highest BCUT2D eigenvalue weighted by molar-refractivity contribution is 5.94. The van der Waals surface area contributed by atoms with Gasteiger partial charge < -0.3 is 10.6 Å². The zero-order valence-corrected chi connectivity index (χ0v) is 11.2. The first kappa shape index (κ1) is 13.1.